The van der Waals surface area contributed by atoms with Crippen LogP contribution in [0.4, 0.5) is 14.5 Å². The number of thiophene rings is 1. The fraction of sp³-hybridized carbons (Fsp3) is 0. The highest BCUT2D eigenvalue weighted by Gasteiger charge is 2.14. The van der Waals surface area contributed by atoms with Crippen LogP contribution in [0.1, 0.15) is 9.67 Å². The third-order valence-electron chi connectivity index (χ3n) is 3.83. The van der Waals surface area contributed by atoms with E-state index in [2.05, 4.69) is 5.32 Å². The van der Waals surface area contributed by atoms with Crippen LogP contribution in [0, 0.1) is 11.6 Å². The van der Waals surface area contributed by atoms with E-state index in [9.17, 15) is 13.6 Å². The predicted octanol–water partition coefficient (Wildman–Crippen LogP) is 5.22. The molecular weight excluding hydrogens is 342 g/mol. The molecule has 0 saturated carbocycles. The molecule has 0 saturated heterocycles. The number of halogens is 2. The number of rotatable bonds is 3. The molecule has 0 aliphatic heterocycles. The number of nitrogens with zero attached hydrogens (tertiary/aromatic N) is 1. The average molecular weight is 354 g/mol. The van der Waals surface area contributed by atoms with Gasteiger partial charge in [-0.15, -0.1) is 11.3 Å². The lowest BCUT2D eigenvalue weighted by Crippen LogP contribution is -2.11. The average Bonchev–Trinajstić information content (AvgIpc) is 3.24. The van der Waals surface area contributed by atoms with Gasteiger partial charge in [-0.2, -0.15) is 0 Å². The molecule has 0 spiro atoms. The molecule has 1 amide bonds. The Labute approximate surface area is 146 Å². The molecule has 6 heteroatoms. The monoisotopic (exact) mass is 354 g/mol. The first-order chi connectivity index (χ1) is 12.1. The second-order valence-electron chi connectivity index (χ2n) is 5.46. The van der Waals surface area contributed by atoms with Crippen LogP contribution in [-0.2, 0) is 0 Å². The molecule has 0 bridgehead atoms. The number of hydrogen-bond donors (Lipinski definition) is 1. The Morgan fingerprint density at radius 2 is 1.84 bits per heavy atom. The van der Waals surface area contributed by atoms with Crippen molar-refractivity contribution in [1.29, 1.82) is 0 Å². The fourth-order valence-electron chi connectivity index (χ4n) is 2.63. The molecule has 2 heterocycles. The Kier molecular flexibility index (Phi) is 3.82. The van der Waals surface area contributed by atoms with Gasteiger partial charge in [-0.25, -0.2) is 8.78 Å². The highest BCUT2D eigenvalue weighted by Crippen LogP contribution is 2.27. The summed E-state index contributed by atoms with van der Waals surface area (Å²) in [5.41, 5.74) is 0.860. The summed E-state index contributed by atoms with van der Waals surface area (Å²) >= 11 is 1.28. The number of amides is 1. The van der Waals surface area contributed by atoms with Crippen LogP contribution in [-0.4, -0.2) is 10.5 Å². The van der Waals surface area contributed by atoms with Gasteiger partial charge in [0.2, 0.25) is 0 Å². The standard InChI is InChI=1S/C19H12F2N2OS/c20-13-5-6-14(21)15(11-13)22-19(24)17-7-8-18(25-17)23-10-9-12-3-1-2-4-16(12)23/h1-11H,(H,22,24). The Hall–Kier alpha value is -2.99. The quantitative estimate of drug-likeness (QED) is 0.537. The minimum absolute atomic E-state index is 0.175. The third kappa shape index (κ3) is 2.92. The van der Waals surface area contributed by atoms with E-state index < -0.39 is 17.5 Å². The molecule has 0 fully saturated rings. The summed E-state index contributed by atoms with van der Waals surface area (Å²) in [4.78, 5) is 12.7. The molecule has 0 aliphatic carbocycles. The predicted molar refractivity (Wildman–Crippen MR) is 95.5 cm³/mol. The summed E-state index contributed by atoms with van der Waals surface area (Å²) in [6.07, 6.45) is 1.93. The van der Waals surface area contributed by atoms with Crippen molar-refractivity contribution in [1.82, 2.24) is 4.57 Å². The maximum Gasteiger partial charge on any atom is 0.265 e. The second kappa shape index (κ2) is 6.14. The summed E-state index contributed by atoms with van der Waals surface area (Å²) < 4.78 is 28.9. The Morgan fingerprint density at radius 1 is 1.00 bits per heavy atom. The van der Waals surface area contributed by atoms with E-state index in [1.807, 2.05) is 47.2 Å². The lowest BCUT2D eigenvalue weighted by Gasteiger charge is -2.05. The van der Waals surface area contributed by atoms with Crippen molar-refractivity contribution in [2.75, 3.05) is 5.32 Å². The van der Waals surface area contributed by atoms with E-state index in [1.165, 1.54) is 11.3 Å². The molecule has 4 aromatic rings. The zero-order chi connectivity index (χ0) is 17.4. The molecule has 1 N–H and O–H groups in total. The number of carbonyl (C=O) groups excluding carboxylic acids is 1. The molecule has 0 atom stereocenters. The molecule has 3 nitrogen and oxygen atoms in total. The highest BCUT2D eigenvalue weighted by atomic mass is 32.1. The SMILES string of the molecule is O=C(Nc1cc(F)ccc1F)c1ccc(-n2ccc3ccccc32)s1. The van der Waals surface area contributed by atoms with Crippen LogP contribution in [0.5, 0.6) is 0 Å². The van der Waals surface area contributed by atoms with Crippen LogP contribution in [0.25, 0.3) is 15.9 Å². The lowest BCUT2D eigenvalue weighted by molar-refractivity contribution is 0.103. The van der Waals surface area contributed by atoms with Crippen LogP contribution in [0.3, 0.4) is 0 Å². The van der Waals surface area contributed by atoms with E-state index in [0.717, 1.165) is 34.1 Å². The fourth-order valence-corrected chi connectivity index (χ4v) is 3.53. The van der Waals surface area contributed by atoms with Crippen molar-refractivity contribution in [3.05, 3.63) is 83.4 Å². The van der Waals surface area contributed by atoms with E-state index in [0.29, 0.717) is 4.88 Å². The summed E-state index contributed by atoms with van der Waals surface area (Å²) in [7, 11) is 0. The zero-order valence-electron chi connectivity index (χ0n) is 12.9. The van der Waals surface area contributed by atoms with Gasteiger partial charge in [0.15, 0.2) is 0 Å². The number of hydrogen-bond acceptors (Lipinski definition) is 2. The molecule has 4 rings (SSSR count). The minimum atomic E-state index is -0.678. The number of anilines is 1. The van der Waals surface area contributed by atoms with E-state index in [1.54, 1.807) is 6.07 Å². The highest BCUT2D eigenvalue weighted by molar-refractivity contribution is 7.16. The van der Waals surface area contributed by atoms with Crippen LogP contribution < -0.4 is 5.32 Å². The third-order valence-corrected chi connectivity index (χ3v) is 4.91. The molecule has 0 radical (unpaired) electrons. The summed E-state index contributed by atoms with van der Waals surface area (Å²) in [6.45, 7) is 0. The van der Waals surface area contributed by atoms with Gasteiger partial charge >= 0.3 is 0 Å². The summed E-state index contributed by atoms with van der Waals surface area (Å²) in [6, 6.07) is 16.4. The van der Waals surface area contributed by atoms with Crippen molar-refractivity contribution in [3.8, 4) is 5.00 Å². The smallest absolute Gasteiger partial charge is 0.265 e. The molecular formula is C19H12F2N2OS. The number of para-hydroxylation sites is 1. The van der Waals surface area contributed by atoms with E-state index >= 15 is 0 Å². The molecule has 124 valence electrons. The Bertz CT molecular complexity index is 1080. The minimum Gasteiger partial charge on any atom is -0.319 e. The largest absolute Gasteiger partial charge is 0.319 e. The lowest BCUT2D eigenvalue weighted by atomic mass is 10.2. The first-order valence-corrected chi connectivity index (χ1v) is 8.36. The maximum atomic E-state index is 13.7. The normalized spacial score (nSPS) is 11.0. The van der Waals surface area contributed by atoms with Gasteiger partial charge in [0.05, 0.1) is 16.1 Å². The topological polar surface area (TPSA) is 34.0 Å². The van der Waals surface area contributed by atoms with Gasteiger partial charge in [0.25, 0.3) is 5.91 Å². The number of aromatic nitrogens is 1. The molecule has 25 heavy (non-hydrogen) atoms. The first-order valence-electron chi connectivity index (χ1n) is 7.54. The Balaban J connectivity index is 1.62. The zero-order valence-corrected chi connectivity index (χ0v) is 13.7. The van der Waals surface area contributed by atoms with Gasteiger partial charge in [-0.1, -0.05) is 18.2 Å². The number of nitrogens with one attached hydrogen (secondary N) is 1. The first kappa shape index (κ1) is 15.5. The second-order valence-corrected chi connectivity index (χ2v) is 6.52. The maximum absolute atomic E-state index is 13.7. The Morgan fingerprint density at radius 3 is 2.72 bits per heavy atom. The van der Waals surface area contributed by atoms with Gasteiger partial charge in [0, 0.05) is 12.3 Å². The van der Waals surface area contributed by atoms with Crippen molar-refractivity contribution in [3.63, 3.8) is 0 Å². The molecule has 2 aromatic heterocycles. The van der Waals surface area contributed by atoms with Gasteiger partial charge < -0.3 is 9.88 Å². The van der Waals surface area contributed by atoms with Crippen LogP contribution in [0.15, 0.2) is 66.9 Å². The van der Waals surface area contributed by atoms with Crippen LogP contribution in [0.2, 0.25) is 0 Å². The van der Waals surface area contributed by atoms with Gasteiger partial charge in [-0.3, -0.25) is 4.79 Å². The van der Waals surface area contributed by atoms with Gasteiger partial charge in [0.1, 0.15) is 16.6 Å². The summed E-state index contributed by atoms with van der Waals surface area (Å²) in [5, 5.41) is 4.38. The van der Waals surface area contributed by atoms with Crippen molar-refractivity contribution in [2.24, 2.45) is 0 Å². The number of benzene rings is 2. The molecule has 2 aromatic carbocycles. The molecule has 0 unspecified atom stereocenters. The van der Waals surface area contributed by atoms with Crippen molar-refractivity contribution >= 4 is 33.8 Å². The number of fused-ring (bicyclic) bond motifs is 1. The summed E-state index contributed by atoms with van der Waals surface area (Å²) in [5.74, 6) is -1.76. The van der Waals surface area contributed by atoms with Crippen molar-refractivity contribution in [2.45, 2.75) is 0 Å². The van der Waals surface area contributed by atoms with E-state index in [4.69, 9.17) is 0 Å². The van der Waals surface area contributed by atoms with Crippen LogP contribution >= 0.6 is 11.3 Å². The van der Waals surface area contributed by atoms with E-state index in [-0.39, 0.29) is 5.69 Å². The van der Waals surface area contributed by atoms with Crippen molar-refractivity contribution < 1.29 is 13.6 Å². The van der Waals surface area contributed by atoms with Gasteiger partial charge in [-0.05, 0) is 41.8 Å². The number of carbonyl (C=O) groups is 1. The molecule has 0 aliphatic rings.